The van der Waals surface area contributed by atoms with Crippen LogP contribution in [-0.2, 0) is 0 Å². The van der Waals surface area contributed by atoms with Gasteiger partial charge in [-0.3, -0.25) is 0 Å². The molecule has 1 fully saturated rings. The van der Waals surface area contributed by atoms with Crippen LogP contribution in [0.15, 0.2) is 24.3 Å². The number of hydrogen-bond acceptors (Lipinski definition) is 1. The fraction of sp³-hybridized carbons (Fsp3) is 0.625. The van der Waals surface area contributed by atoms with Crippen LogP contribution < -0.4 is 5.32 Å². The predicted molar refractivity (Wildman–Crippen MR) is 79.0 cm³/mol. The van der Waals surface area contributed by atoms with Gasteiger partial charge in [0.05, 0.1) is 0 Å². The Bertz CT molecular complexity index is 390. The molecule has 4 atom stereocenters. The van der Waals surface area contributed by atoms with E-state index < -0.39 is 0 Å². The van der Waals surface area contributed by atoms with Gasteiger partial charge in [0.1, 0.15) is 0 Å². The highest BCUT2D eigenvalue weighted by atomic mass is 35.5. The van der Waals surface area contributed by atoms with E-state index in [0.717, 1.165) is 16.9 Å². The minimum Gasteiger partial charge on any atom is -0.307 e. The van der Waals surface area contributed by atoms with Gasteiger partial charge >= 0.3 is 0 Å². The summed E-state index contributed by atoms with van der Waals surface area (Å²) in [6, 6.07) is 9.20. The second kappa shape index (κ2) is 6.08. The third kappa shape index (κ3) is 3.49. The fourth-order valence-corrected chi connectivity index (χ4v) is 3.16. The molecule has 0 spiro atoms. The molecule has 18 heavy (non-hydrogen) atoms. The van der Waals surface area contributed by atoms with Gasteiger partial charge in [0.2, 0.25) is 0 Å². The van der Waals surface area contributed by atoms with E-state index in [4.69, 9.17) is 11.6 Å². The first-order valence-electron chi connectivity index (χ1n) is 7.07. The van der Waals surface area contributed by atoms with E-state index in [-0.39, 0.29) is 0 Å². The summed E-state index contributed by atoms with van der Waals surface area (Å²) in [5.41, 5.74) is 1.29. The Labute approximate surface area is 116 Å². The van der Waals surface area contributed by atoms with Gasteiger partial charge in [0.25, 0.3) is 0 Å². The smallest absolute Gasteiger partial charge is 0.0409 e. The highest BCUT2D eigenvalue weighted by Gasteiger charge is 2.26. The van der Waals surface area contributed by atoms with Crippen molar-refractivity contribution < 1.29 is 0 Å². The lowest BCUT2D eigenvalue weighted by atomic mass is 9.79. The number of benzene rings is 1. The van der Waals surface area contributed by atoms with E-state index in [0.29, 0.717) is 12.1 Å². The van der Waals surface area contributed by atoms with Gasteiger partial charge in [0, 0.05) is 17.1 Å². The van der Waals surface area contributed by atoms with Crippen molar-refractivity contribution in [1.29, 1.82) is 0 Å². The highest BCUT2D eigenvalue weighted by Crippen LogP contribution is 2.30. The van der Waals surface area contributed by atoms with E-state index in [1.807, 2.05) is 12.1 Å². The molecule has 1 aromatic carbocycles. The normalized spacial score (nSPS) is 30.1. The van der Waals surface area contributed by atoms with Gasteiger partial charge in [-0.15, -0.1) is 0 Å². The van der Waals surface area contributed by atoms with Gasteiger partial charge in [0.15, 0.2) is 0 Å². The molecule has 2 heteroatoms. The van der Waals surface area contributed by atoms with Crippen LogP contribution in [0.5, 0.6) is 0 Å². The van der Waals surface area contributed by atoms with Crippen LogP contribution in [0.3, 0.4) is 0 Å². The SMILES string of the molecule is CC1CCC(C)C(NC(C)c2cccc(Cl)c2)C1. The van der Waals surface area contributed by atoms with Crippen molar-refractivity contribution in [3.63, 3.8) is 0 Å². The van der Waals surface area contributed by atoms with Crippen molar-refractivity contribution in [3.05, 3.63) is 34.9 Å². The van der Waals surface area contributed by atoms with Crippen molar-refractivity contribution >= 4 is 11.6 Å². The van der Waals surface area contributed by atoms with E-state index in [1.54, 1.807) is 0 Å². The van der Waals surface area contributed by atoms with Gasteiger partial charge in [-0.05, 0) is 49.3 Å². The summed E-state index contributed by atoms with van der Waals surface area (Å²) >= 11 is 6.06. The standard InChI is InChI=1S/C16H24ClN/c1-11-7-8-12(2)16(9-11)18-13(3)14-5-4-6-15(17)10-14/h4-6,10-13,16,18H,7-9H2,1-3H3. The van der Waals surface area contributed by atoms with Crippen LogP contribution in [0.2, 0.25) is 5.02 Å². The first-order valence-corrected chi connectivity index (χ1v) is 7.45. The number of hydrogen-bond donors (Lipinski definition) is 1. The van der Waals surface area contributed by atoms with Gasteiger partial charge in [-0.25, -0.2) is 0 Å². The van der Waals surface area contributed by atoms with Crippen molar-refractivity contribution in [1.82, 2.24) is 5.32 Å². The molecule has 1 aromatic rings. The summed E-state index contributed by atoms with van der Waals surface area (Å²) < 4.78 is 0. The molecule has 0 aliphatic heterocycles. The Morgan fingerprint density at radius 2 is 2.06 bits per heavy atom. The first-order chi connectivity index (χ1) is 8.56. The van der Waals surface area contributed by atoms with E-state index in [9.17, 15) is 0 Å². The van der Waals surface area contributed by atoms with Crippen molar-refractivity contribution in [2.45, 2.75) is 52.1 Å². The second-order valence-corrected chi connectivity index (χ2v) is 6.38. The zero-order valence-electron chi connectivity index (χ0n) is 11.6. The van der Waals surface area contributed by atoms with Crippen LogP contribution in [0.4, 0.5) is 0 Å². The Hall–Kier alpha value is -0.530. The number of rotatable bonds is 3. The van der Waals surface area contributed by atoms with Gasteiger partial charge < -0.3 is 5.32 Å². The first kappa shape index (κ1) is 13.9. The highest BCUT2D eigenvalue weighted by molar-refractivity contribution is 6.30. The van der Waals surface area contributed by atoms with Crippen molar-refractivity contribution in [3.8, 4) is 0 Å². The molecule has 0 bridgehead atoms. The summed E-state index contributed by atoms with van der Waals surface area (Å²) in [4.78, 5) is 0. The summed E-state index contributed by atoms with van der Waals surface area (Å²) in [5, 5.41) is 4.61. The maximum absolute atomic E-state index is 6.06. The summed E-state index contributed by atoms with van der Waals surface area (Å²) in [6.07, 6.45) is 4.03. The molecule has 1 aliphatic rings. The van der Waals surface area contributed by atoms with Gasteiger partial charge in [-0.2, -0.15) is 0 Å². The minimum absolute atomic E-state index is 0.376. The molecule has 0 saturated heterocycles. The molecule has 1 saturated carbocycles. The zero-order valence-corrected chi connectivity index (χ0v) is 12.4. The zero-order chi connectivity index (χ0) is 13.1. The van der Waals surface area contributed by atoms with E-state index >= 15 is 0 Å². The van der Waals surface area contributed by atoms with E-state index in [2.05, 4.69) is 38.2 Å². The number of halogens is 1. The number of nitrogens with one attached hydrogen (secondary N) is 1. The Morgan fingerprint density at radius 3 is 2.78 bits per heavy atom. The molecule has 0 heterocycles. The third-order valence-electron chi connectivity index (χ3n) is 4.27. The molecular formula is C16H24ClN. The topological polar surface area (TPSA) is 12.0 Å². The molecular weight excluding hydrogens is 242 g/mol. The molecule has 2 rings (SSSR count). The summed E-state index contributed by atoms with van der Waals surface area (Å²) in [6.45, 7) is 6.97. The predicted octanol–water partition coefficient (Wildman–Crippen LogP) is 4.82. The van der Waals surface area contributed by atoms with Crippen LogP contribution in [0.25, 0.3) is 0 Å². The summed E-state index contributed by atoms with van der Waals surface area (Å²) in [5.74, 6) is 1.63. The Balaban J connectivity index is 2.00. The molecule has 0 aromatic heterocycles. The molecule has 100 valence electrons. The fourth-order valence-electron chi connectivity index (χ4n) is 2.96. The minimum atomic E-state index is 0.376. The van der Waals surface area contributed by atoms with Crippen LogP contribution in [0, 0.1) is 11.8 Å². The average Bonchev–Trinajstić information content (AvgIpc) is 2.34. The molecule has 4 unspecified atom stereocenters. The molecule has 0 radical (unpaired) electrons. The van der Waals surface area contributed by atoms with Crippen molar-refractivity contribution in [2.24, 2.45) is 11.8 Å². The lowest BCUT2D eigenvalue weighted by Gasteiger charge is -2.35. The van der Waals surface area contributed by atoms with Crippen LogP contribution in [0.1, 0.15) is 51.6 Å². The van der Waals surface area contributed by atoms with Crippen LogP contribution >= 0.6 is 11.6 Å². The average molecular weight is 266 g/mol. The van der Waals surface area contributed by atoms with Crippen molar-refractivity contribution in [2.75, 3.05) is 0 Å². The second-order valence-electron chi connectivity index (χ2n) is 5.95. The lowest BCUT2D eigenvalue weighted by molar-refractivity contribution is 0.216. The molecule has 1 aliphatic carbocycles. The van der Waals surface area contributed by atoms with Crippen LogP contribution in [-0.4, -0.2) is 6.04 Å². The van der Waals surface area contributed by atoms with E-state index in [1.165, 1.54) is 24.8 Å². The Kier molecular flexibility index (Phi) is 4.69. The largest absolute Gasteiger partial charge is 0.307 e. The third-order valence-corrected chi connectivity index (χ3v) is 4.51. The maximum Gasteiger partial charge on any atom is 0.0409 e. The maximum atomic E-state index is 6.06. The molecule has 0 amide bonds. The van der Waals surface area contributed by atoms with Gasteiger partial charge in [-0.1, -0.05) is 44.0 Å². The summed E-state index contributed by atoms with van der Waals surface area (Å²) in [7, 11) is 0. The molecule has 1 N–H and O–H groups in total. The Morgan fingerprint density at radius 1 is 1.28 bits per heavy atom. The molecule has 1 nitrogen and oxygen atoms in total. The quantitative estimate of drug-likeness (QED) is 0.827. The lowest BCUT2D eigenvalue weighted by Crippen LogP contribution is -2.40. The monoisotopic (exact) mass is 265 g/mol.